The van der Waals surface area contributed by atoms with Crippen molar-refractivity contribution < 1.29 is 27.7 Å². The fraction of sp³-hybridized carbons (Fsp3) is 1.00. The van der Waals surface area contributed by atoms with Crippen LogP contribution < -0.4 is 0 Å². The SMILES string of the molecule is CC.FC(P)CC1OCCCO1.FCCC1OCCCO1. The van der Waals surface area contributed by atoms with Gasteiger partial charge in [-0.15, -0.1) is 9.24 Å². The Bertz CT molecular complexity index is 208. The zero-order chi connectivity index (χ0) is 15.9. The van der Waals surface area contributed by atoms with Gasteiger partial charge in [-0.25, -0.2) is 4.39 Å². The van der Waals surface area contributed by atoms with Gasteiger partial charge in [0.2, 0.25) is 0 Å². The molecule has 0 aromatic heterocycles. The van der Waals surface area contributed by atoms with Gasteiger partial charge in [0.15, 0.2) is 12.6 Å². The number of hydrogen-bond donors (Lipinski definition) is 0. The van der Waals surface area contributed by atoms with Crippen LogP contribution in [0.25, 0.3) is 0 Å². The Hall–Kier alpha value is 0.130. The van der Waals surface area contributed by atoms with Gasteiger partial charge in [0.1, 0.15) is 5.91 Å². The fourth-order valence-corrected chi connectivity index (χ4v) is 1.87. The molecule has 7 heteroatoms. The molecule has 0 radical (unpaired) electrons. The molecule has 2 saturated heterocycles. The lowest BCUT2D eigenvalue weighted by atomic mass is 10.4. The van der Waals surface area contributed by atoms with Crippen LogP contribution in [-0.4, -0.2) is 51.6 Å². The van der Waals surface area contributed by atoms with E-state index in [0.29, 0.717) is 39.3 Å². The van der Waals surface area contributed by atoms with Gasteiger partial charge < -0.3 is 18.9 Å². The van der Waals surface area contributed by atoms with Crippen molar-refractivity contribution in [2.45, 2.75) is 58.0 Å². The molecular formula is C14H29F2O4P. The number of alkyl halides is 2. The van der Waals surface area contributed by atoms with E-state index in [1.807, 2.05) is 13.8 Å². The minimum Gasteiger partial charge on any atom is -0.352 e. The summed E-state index contributed by atoms with van der Waals surface area (Å²) in [5, 5.41) is 0. The van der Waals surface area contributed by atoms with E-state index in [0.717, 1.165) is 12.8 Å². The number of halogens is 2. The lowest BCUT2D eigenvalue weighted by Gasteiger charge is -2.23. The standard InChI is InChI=1S/C6H12FO2P.C6H11FO2.C2H6/c7-5(10)4-6-8-2-1-3-9-6;7-3-2-6-8-4-1-5-9-6;1-2/h5-6H,1-4,10H2;6H,1-5H2;1-2H3. The fourth-order valence-electron chi connectivity index (χ4n) is 1.65. The minimum atomic E-state index is -0.914. The quantitative estimate of drug-likeness (QED) is 0.740. The van der Waals surface area contributed by atoms with Crippen LogP contribution in [0.4, 0.5) is 8.78 Å². The van der Waals surface area contributed by atoms with Gasteiger partial charge in [0.25, 0.3) is 0 Å². The van der Waals surface area contributed by atoms with Crippen LogP contribution in [0.5, 0.6) is 0 Å². The van der Waals surface area contributed by atoms with Crippen LogP contribution in [0.15, 0.2) is 0 Å². The summed E-state index contributed by atoms with van der Waals surface area (Å²) in [4.78, 5) is 0. The molecule has 2 heterocycles. The number of rotatable bonds is 4. The highest BCUT2D eigenvalue weighted by atomic mass is 31.0. The molecule has 2 rings (SSSR count). The van der Waals surface area contributed by atoms with Gasteiger partial charge in [0, 0.05) is 12.8 Å². The maximum atomic E-state index is 12.3. The van der Waals surface area contributed by atoms with Crippen molar-refractivity contribution in [2.24, 2.45) is 0 Å². The summed E-state index contributed by atoms with van der Waals surface area (Å²) in [5.41, 5.74) is 0. The second-order valence-electron chi connectivity index (χ2n) is 4.28. The molecule has 2 aliphatic rings. The van der Waals surface area contributed by atoms with E-state index in [2.05, 4.69) is 9.24 Å². The third kappa shape index (κ3) is 12.4. The highest BCUT2D eigenvalue weighted by Crippen LogP contribution is 2.16. The van der Waals surface area contributed by atoms with Crippen molar-refractivity contribution in [3.63, 3.8) is 0 Å². The average molecular weight is 330 g/mol. The Balaban J connectivity index is 0.000000342. The average Bonchev–Trinajstić information content (AvgIpc) is 2.52. The van der Waals surface area contributed by atoms with E-state index in [-0.39, 0.29) is 19.3 Å². The first-order valence-electron chi connectivity index (χ1n) is 7.64. The van der Waals surface area contributed by atoms with Gasteiger partial charge >= 0.3 is 0 Å². The molecule has 4 nitrogen and oxygen atoms in total. The van der Waals surface area contributed by atoms with Gasteiger partial charge in [-0.05, 0) is 12.8 Å². The van der Waals surface area contributed by atoms with Crippen LogP contribution in [0, 0.1) is 0 Å². The molecule has 0 saturated carbocycles. The van der Waals surface area contributed by atoms with Crippen LogP contribution >= 0.6 is 9.24 Å². The molecule has 0 aromatic rings. The summed E-state index contributed by atoms with van der Waals surface area (Å²) < 4.78 is 44.2. The normalized spacial score (nSPS) is 21.6. The van der Waals surface area contributed by atoms with Crippen molar-refractivity contribution in [3.05, 3.63) is 0 Å². The van der Waals surface area contributed by atoms with E-state index >= 15 is 0 Å². The second-order valence-corrected chi connectivity index (χ2v) is 5.00. The molecule has 2 fully saturated rings. The van der Waals surface area contributed by atoms with Gasteiger partial charge in [0.05, 0.1) is 33.1 Å². The van der Waals surface area contributed by atoms with E-state index in [4.69, 9.17) is 18.9 Å². The monoisotopic (exact) mass is 330 g/mol. The van der Waals surface area contributed by atoms with E-state index in [1.165, 1.54) is 0 Å². The van der Waals surface area contributed by atoms with Crippen LogP contribution in [0.3, 0.4) is 0 Å². The Kier molecular flexibility index (Phi) is 15.1. The first-order valence-corrected chi connectivity index (χ1v) is 8.31. The summed E-state index contributed by atoms with van der Waals surface area (Å²) in [6.07, 6.45) is 1.96. The number of ether oxygens (including phenoxy) is 4. The van der Waals surface area contributed by atoms with Crippen molar-refractivity contribution in [2.75, 3.05) is 33.1 Å². The largest absolute Gasteiger partial charge is 0.352 e. The minimum absolute atomic E-state index is 0.274. The zero-order valence-corrected chi connectivity index (χ0v) is 14.2. The van der Waals surface area contributed by atoms with Gasteiger partial charge in [-0.3, -0.25) is 4.39 Å². The third-order valence-electron chi connectivity index (χ3n) is 2.55. The first kappa shape index (κ1) is 21.1. The van der Waals surface area contributed by atoms with Crippen molar-refractivity contribution >= 4 is 9.24 Å². The van der Waals surface area contributed by atoms with Crippen LogP contribution in [0.2, 0.25) is 0 Å². The van der Waals surface area contributed by atoms with E-state index < -0.39 is 5.91 Å². The predicted molar refractivity (Wildman–Crippen MR) is 81.8 cm³/mol. The highest BCUT2D eigenvalue weighted by Gasteiger charge is 2.16. The molecule has 0 bridgehead atoms. The van der Waals surface area contributed by atoms with Crippen LogP contribution in [0.1, 0.15) is 39.5 Å². The van der Waals surface area contributed by atoms with Crippen molar-refractivity contribution in [1.82, 2.24) is 0 Å². The summed E-state index contributed by atoms with van der Waals surface area (Å²) >= 11 is 0. The Morgan fingerprint density at radius 1 is 0.952 bits per heavy atom. The Morgan fingerprint density at radius 3 is 1.76 bits per heavy atom. The summed E-state index contributed by atoms with van der Waals surface area (Å²) in [5.74, 6) is -0.914. The topological polar surface area (TPSA) is 36.9 Å². The second kappa shape index (κ2) is 15.0. The molecule has 0 aliphatic carbocycles. The lowest BCUT2D eigenvalue weighted by Crippen LogP contribution is -2.26. The van der Waals surface area contributed by atoms with Gasteiger partial charge in [-0.2, -0.15) is 0 Å². The molecular weight excluding hydrogens is 301 g/mol. The molecule has 2 atom stereocenters. The molecule has 0 spiro atoms. The van der Waals surface area contributed by atoms with Crippen LogP contribution in [-0.2, 0) is 18.9 Å². The van der Waals surface area contributed by atoms with Crippen molar-refractivity contribution in [1.29, 1.82) is 0 Å². The predicted octanol–water partition coefficient (Wildman–Crippen LogP) is 3.45. The lowest BCUT2D eigenvalue weighted by molar-refractivity contribution is -0.183. The molecule has 0 N–H and O–H groups in total. The summed E-state index contributed by atoms with van der Waals surface area (Å²) in [6, 6.07) is 0. The highest BCUT2D eigenvalue weighted by molar-refractivity contribution is 7.17. The smallest absolute Gasteiger partial charge is 0.160 e. The first-order chi connectivity index (χ1) is 10.2. The Morgan fingerprint density at radius 2 is 1.38 bits per heavy atom. The van der Waals surface area contributed by atoms with E-state index in [1.54, 1.807) is 0 Å². The molecule has 21 heavy (non-hydrogen) atoms. The summed E-state index contributed by atoms with van der Waals surface area (Å²) in [7, 11) is 2.08. The van der Waals surface area contributed by atoms with Gasteiger partial charge in [-0.1, -0.05) is 13.8 Å². The molecule has 0 amide bonds. The maximum absolute atomic E-state index is 12.3. The van der Waals surface area contributed by atoms with E-state index in [9.17, 15) is 8.78 Å². The molecule has 128 valence electrons. The number of hydrogen-bond acceptors (Lipinski definition) is 4. The maximum Gasteiger partial charge on any atom is 0.160 e. The molecule has 2 unspecified atom stereocenters. The Labute approximate surface area is 129 Å². The molecule has 0 aromatic carbocycles. The third-order valence-corrected chi connectivity index (χ3v) is 2.83. The van der Waals surface area contributed by atoms with Crippen molar-refractivity contribution in [3.8, 4) is 0 Å². The summed E-state index contributed by atoms with van der Waals surface area (Å²) in [6.45, 7) is 6.46. The zero-order valence-electron chi connectivity index (χ0n) is 13.1. The molecule has 2 aliphatic heterocycles.